The smallest absolute Gasteiger partial charge is 0.354 e. The fourth-order valence-corrected chi connectivity index (χ4v) is 4.03. The number of ketones is 1. The lowest BCUT2D eigenvalue weighted by Crippen LogP contribution is -2.44. The number of carbonyl (C=O) groups excluding carboxylic acids is 2. The molecule has 138 valence electrons. The number of nitrogens with one attached hydrogen (secondary N) is 1. The Kier molecular flexibility index (Phi) is 4.24. The summed E-state index contributed by atoms with van der Waals surface area (Å²) in [5.41, 5.74) is 1.92. The first-order valence-electron chi connectivity index (χ1n) is 8.60. The zero-order valence-electron chi connectivity index (χ0n) is 14.7. The normalized spacial score (nSPS) is 23.5. The van der Waals surface area contributed by atoms with E-state index < -0.39 is 18.0 Å². The second-order valence-corrected chi connectivity index (χ2v) is 8.05. The predicted molar refractivity (Wildman–Crippen MR) is 86.6 cm³/mol. The van der Waals surface area contributed by atoms with Crippen LogP contribution in [0, 0.1) is 18.3 Å². The van der Waals surface area contributed by atoms with Crippen molar-refractivity contribution >= 4 is 11.7 Å². The van der Waals surface area contributed by atoms with Crippen LogP contribution in [0.1, 0.15) is 65.2 Å². The summed E-state index contributed by atoms with van der Waals surface area (Å²) in [5.74, 6) is -1.92. The van der Waals surface area contributed by atoms with Crippen molar-refractivity contribution < 1.29 is 22.8 Å². The van der Waals surface area contributed by atoms with Gasteiger partial charge in [0, 0.05) is 30.8 Å². The number of aromatic amines is 1. The number of hydrogen-bond acceptors (Lipinski definition) is 2. The minimum Gasteiger partial charge on any atom is -0.354 e. The molecule has 1 aromatic heterocycles. The van der Waals surface area contributed by atoms with Crippen LogP contribution in [-0.2, 0) is 6.42 Å². The zero-order valence-corrected chi connectivity index (χ0v) is 14.7. The fourth-order valence-electron chi connectivity index (χ4n) is 4.03. The highest BCUT2D eigenvalue weighted by Gasteiger charge is 2.43. The third-order valence-electron chi connectivity index (χ3n) is 5.29. The molecule has 1 N–H and O–H groups in total. The molecule has 1 amide bonds. The maximum absolute atomic E-state index is 13.0. The van der Waals surface area contributed by atoms with Gasteiger partial charge in [0.1, 0.15) is 5.69 Å². The molecule has 0 spiro atoms. The molecule has 0 radical (unpaired) electrons. The molecule has 1 aliphatic carbocycles. The molecule has 1 aliphatic heterocycles. The number of amides is 1. The predicted octanol–water partition coefficient (Wildman–Crippen LogP) is 3.89. The Morgan fingerprint density at radius 1 is 1.28 bits per heavy atom. The van der Waals surface area contributed by atoms with Crippen molar-refractivity contribution in [3.8, 4) is 0 Å². The molecule has 25 heavy (non-hydrogen) atoms. The Balaban J connectivity index is 1.88. The van der Waals surface area contributed by atoms with Crippen molar-refractivity contribution in [3.63, 3.8) is 0 Å². The van der Waals surface area contributed by atoms with E-state index in [-0.39, 0.29) is 29.9 Å². The van der Waals surface area contributed by atoms with Crippen LogP contribution in [0.25, 0.3) is 0 Å². The maximum atomic E-state index is 13.0. The molecule has 0 bridgehead atoms. The Labute approximate surface area is 144 Å². The van der Waals surface area contributed by atoms with Crippen molar-refractivity contribution in [1.82, 2.24) is 9.88 Å². The summed E-state index contributed by atoms with van der Waals surface area (Å²) in [6.07, 6.45) is -2.84. The lowest BCUT2D eigenvalue weighted by atomic mass is 9.75. The van der Waals surface area contributed by atoms with E-state index >= 15 is 0 Å². The average molecular weight is 356 g/mol. The molecule has 0 saturated carbocycles. The van der Waals surface area contributed by atoms with E-state index in [1.807, 2.05) is 13.8 Å². The number of piperidine rings is 1. The minimum absolute atomic E-state index is 0.00846. The summed E-state index contributed by atoms with van der Waals surface area (Å²) in [5, 5.41) is 0. The molecule has 1 aromatic rings. The Morgan fingerprint density at radius 2 is 1.96 bits per heavy atom. The number of rotatable bonds is 1. The number of fused-ring (bicyclic) bond motifs is 1. The van der Waals surface area contributed by atoms with Crippen LogP contribution in [0.3, 0.4) is 0 Å². The van der Waals surface area contributed by atoms with Crippen molar-refractivity contribution in [2.24, 2.45) is 11.3 Å². The second-order valence-electron chi connectivity index (χ2n) is 8.05. The molecule has 0 aromatic carbocycles. The number of likely N-dealkylation sites (tertiary alicyclic amines) is 1. The third-order valence-corrected chi connectivity index (χ3v) is 5.29. The fraction of sp³-hybridized carbons (Fsp3) is 0.667. The highest BCUT2D eigenvalue weighted by molar-refractivity contribution is 6.04. The highest BCUT2D eigenvalue weighted by Crippen LogP contribution is 2.38. The Morgan fingerprint density at radius 3 is 2.60 bits per heavy atom. The van der Waals surface area contributed by atoms with Crippen LogP contribution in [0.4, 0.5) is 13.2 Å². The van der Waals surface area contributed by atoms with Crippen LogP contribution in [0.15, 0.2) is 0 Å². The maximum Gasteiger partial charge on any atom is 0.393 e. The van der Waals surface area contributed by atoms with Gasteiger partial charge in [0.2, 0.25) is 0 Å². The van der Waals surface area contributed by atoms with Crippen LogP contribution >= 0.6 is 0 Å². The quantitative estimate of drug-likeness (QED) is 0.830. The molecule has 0 unspecified atom stereocenters. The van der Waals surface area contributed by atoms with Gasteiger partial charge in [-0.05, 0) is 37.2 Å². The van der Waals surface area contributed by atoms with Crippen LogP contribution in [0.2, 0.25) is 0 Å². The molecule has 2 heterocycles. The van der Waals surface area contributed by atoms with Gasteiger partial charge in [-0.1, -0.05) is 13.8 Å². The van der Waals surface area contributed by atoms with Gasteiger partial charge in [0.05, 0.1) is 5.92 Å². The van der Waals surface area contributed by atoms with Crippen molar-refractivity contribution in [3.05, 3.63) is 22.5 Å². The van der Waals surface area contributed by atoms with Gasteiger partial charge in [-0.15, -0.1) is 0 Å². The summed E-state index contributed by atoms with van der Waals surface area (Å²) < 4.78 is 39.0. The molecular weight excluding hydrogens is 333 g/mol. The largest absolute Gasteiger partial charge is 0.393 e. The number of H-pyrrole nitrogens is 1. The molecule has 7 heteroatoms. The van der Waals surface area contributed by atoms with Gasteiger partial charge >= 0.3 is 6.18 Å². The second kappa shape index (κ2) is 5.88. The van der Waals surface area contributed by atoms with Gasteiger partial charge in [0.15, 0.2) is 5.78 Å². The van der Waals surface area contributed by atoms with E-state index in [9.17, 15) is 22.8 Å². The number of aromatic nitrogens is 1. The van der Waals surface area contributed by atoms with Crippen LogP contribution < -0.4 is 0 Å². The molecule has 2 aliphatic rings. The van der Waals surface area contributed by atoms with Crippen molar-refractivity contribution in [2.75, 3.05) is 13.1 Å². The number of Topliss-reactive ketones (excluding diaryl/α,β-unsaturated/α-hetero) is 1. The molecule has 1 atom stereocenters. The first kappa shape index (κ1) is 18.0. The summed E-state index contributed by atoms with van der Waals surface area (Å²) >= 11 is 0. The van der Waals surface area contributed by atoms with E-state index in [4.69, 9.17) is 0 Å². The number of nitrogens with zero attached hydrogens (tertiary/aromatic N) is 1. The highest BCUT2D eigenvalue weighted by atomic mass is 19.4. The van der Waals surface area contributed by atoms with Gasteiger partial charge in [-0.25, -0.2) is 0 Å². The van der Waals surface area contributed by atoms with Gasteiger partial charge in [-0.2, -0.15) is 13.2 Å². The van der Waals surface area contributed by atoms with Crippen LogP contribution in [-0.4, -0.2) is 40.8 Å². The lowest BCUT2D eigenvalue weighted by molar-refractivity contribution is -0.184. The number of halogens is 3. The first-order chi connectivity index (χ1) is 11.5. The minimum atomic E-state index is -4.29. The summed E-state index contributed by atoms with van der Waals surface area (Å²) in [6.45, 7) is 5.68. The van der Waals surface area contributed by atoms with E-state index in [0.717, 1.165) is 5.69 Å². The number of hydrogen-bond donors (Lipinski definition) is 1. The summed E-state index contributed by atoms with van der Waals surface area (Å²) in [7, 11) is 0. The standard InChI is InChI=1S/C18H23F3N2O2/c1-10-14-12(7-17(2,3)8-13(14)24)22-15(10)16(25)23-6-4-5-11(9-23)18(19,20)21/h11,22H,4-9H2,1-3H3/t11-/m1/s1. The van der Waals surface area contributed by atoms with E-state index in [0.29, 0.717) is 36.9 Å². The lowest BCUT2D eigenvalue weighted by Gasteiger charge is -2.33. The Hall–Kier alpha value is -1.79. The topological polar surface area (TPSA) is 53.2 Å². The third kappa shape index (κ3) is 3.33. The van der Waals surface area contributed by atoms with E-state index in [2.05, 4.69) is 4.98 Å². The molecule has 1 fully saturated rings. The summed E-state index contributed by atoms with van der Waals surface area (Å²) in [4.78, 5) is 29.5. The zero-order chi connectivity index (χ0) is 18.6. The Bertz CT molecular complexity index is 719. The SMILES string of the molecule is Cc1c(C(=O)N2CCC[C@@H](C(F)(F)F)C2)[nH]c2c1C(=O)CC(C)(C)C2. The first-order valence-corrected chi connectivity index (χ1v) is 8.60. The number of alkyl halides is 3. The average Bonchev–Trinajstić information content (AvgIpc) is 2.81. The van der Waals surface area contributed by atoms with E-state index in [1.54, 1.807) is 6.92 Å². The van der Waals surface area contributed by atoms with Gasteiger partial charge in [-0.3, -0.25) is 9.59 Å². The molecule has 4 nitrogen and oxygen atoms in total. The van der Waals surface area contributed by atoms with Crippen molar-refractivity contribution in [1.29, 1.82) is 0 Å². The van der Waals surface area contributed by atoms with Gasteiger partial charge < -0.3 is 9.88 Å². The van der Waals surface area contributed by atoms with Gasteiger partial charge in [0.25, 0.3) is 5.91 Å². The van der Waals surface area contributed by atoms with Crippen LogP contribution in [0.5, 0.6) is 0 Å². The summed E-state index contributed by atoms with van der Waals surface area (Å²) in [6, 6.07) is 0. The van der Waals surface area contributed by atoms with E-state index in [1.165, 1.54) is 4.90 Å². The van der Waals surface area contributed by atoms with Crippen molar-refractivity contribution in [2.45, 2.75) is 52.6 Å². The molecule has 3 rings (SSSR count). The monoisotopic (exact) mass is 356 g/mol. The molecular formula is C18H23F3N2O2. The molecule has 1 saturated heterocycles. The number of carbonyl (C=O) groups is 2.